The second kappa shape index (κ2) is 8.21. The molecule has 0 spiro atoms. The Balaban J connectivity index is 1.78. The fourth-order valence-electron chi connectivity index (χ4n) is 3.43. The van der Waals surface area contributed by atoms with Gasteiger partial charge in [-0.1, -0.05) is 0 Å². The highest BCUT2D eigenvalue weighted by Crippen LogP contribution is 2.35. The van der Waals surface area contributed by atoms with E-state index >= 15 is 0 Å². The number of hydrogen-bond donors (Lipinski definition) is 0. The maximum absolute atomic E-state index is 11.7. The van der Waals surface area contributed by atoms with Crippen LogP contribution in [0.2, 0.25) is 0 Å². The first-order valence-electron chi connectivity index (χ1n) is 8.93. The number of aromatic nitrogens is 2. The highest BCUT2D eigenvalue weighted by atomic mass is 16.5. The molecule has 7 heteroatoms. The summed E-state index contributed by atoms with van der Waals surface area (Å²) < 4.78 is 15.8. The predicted octanol–water partition coefficient (Wildman–Crippen LogP) is 2.82. The number of methoxy groups -OCH3 is 2. The summed E-state index contributed by atoms with van der Waals surface area (Å²) >= 11 is 0. The second-order valence-electron chi connectivity index (χ2n) is 6.36. The lowest BCUT2D eigenvalue weighted by Crippen LogP contribution is -2.35. The normalized spacial score (nSPS) is 15.1. The molecule has 26 heavy (non-hydrogen) atoms. The van der Waals surface area contributed by atoms with Gasteiger partial charge in [0.25, 0.3) is 0 Å². The van der Waals surface area contributed by atoms with Gasteiger partial charge in [0, 0.05) is 31.0 Å². The molecule has 1 saturated heterocycles. The van der Waals surface area contributed by atoms with E-state index in [1.54, 1.807) is 20.5 Å². The van der Waals surface area contributed by atoms with Gasteiger partial charge in [0.05, 0.1) is 26.3 Å². The Morgan fingerprint density at radius 2 is 1.85 bits per heavy atom. The summed E-state index contributed by atoms with van der Waals surface area (Å²) in [4.78, 5) is 22.8. The molecule has 140 valence electrons. The van der Waals surface area contributed by atoms with Crippen molar-refractivity contribution in [1.29, 1.82) is 0 Å². The lowest BCUT2D eigenvalue weighted by molar-refractivity contribution is -0.144. The number of hydrogen-bond acceptors (Lipinski definition) is 7. The number of ether oxygens (including phenoxy) is 3. The van der Waals surface area contributed by atoms with E-state index in [1.807, 2.05) is 19.1 Å². The van der Waals surface area contributed by atoms with Gasteiger partial charge in [-0.05, 0) is 31.7 Å². The lowest BCUT2D eigenvalue weighted by Gasteiger charge is -2.33. The van der Waals surface area contributed by atoms with Crippen LogP contribution in [0.5, 0.6) is 11.5 Å². The van der Waals surface area contributed by atoms with E-state index in [0.29, 0.717) is 30.4 Å². The van der Waals surface area contributed by atoms with Gasteiger partial charge < -0.3 is 19.1 Å². The number of rotatable bonds is 6. The fraction of sp³-hybridized carbons (Fsp3) is 0.526. The van der Waals surface area contributed by atoms with Gasteiger partial charge in [-0.3, -0.25) is 4.79 Å². The van der Waals surface area contributed by atoms with Crippen LogP contribution in [0.15, 0.2) is 18.5 Å². The number of fused-ring (bicyclic) bond motifs is 1. The van der Waals surface area contributed by atoms with Crippen LogP contribution in [0.1, 0.15) is 26.2 Å². The van der Waals surface area contributed by atoms with Gasteiger partial charge in [-0.15, -0.1) is 0 Å². The zero-order valence-electron chi connectivity index (χ0n) is 15.5. The standard InChI is InChI=1S/C19H25N3O4/c1-4-26-18(23)9-13-5-7-22(8-6-13)19-14-10-16(24-2)17(25-3)11-15(14)20-12-21-19/h10-13H,4-9H2,1-3H3. The van der Waals surface area contributed by atoms with Crippen LogP contribution in [0.4, 0.5) is 5.82 Å². The van der Waals surface area contributed by atoms with Crippen LogP contribution in [0.3, 0.4) is 0 Å². The molecule has 2 aromatic rings. The molecule has 0 radical (unpaired) electrons. The van der Waals surface area contributed by atoms with Crippen LogP contribution in [-0.4, -0.2) is 49.9 Å². The third kappa shape index (κ3) is 3.81. The maximum Gasteiger partial charge on any atom is 0.306 e. The summed E-state index contributed by atoms with van der Waals surface area (Å²) in [5.41, 5.74) is 0.821. The highest BCUT2D eigenvalue weighted by molar-refractivity contribution is 5.92. The fourth-order valence-corrected chi connectivity index (χ4v) is 3.43. The zero-order chi connectivity index (χ0) is 18.5. The number of piperidine rings is 1. The summed E-state index contributed by atoms with van der Waals surface area (Å²) in [7, 11) is 3.23. The van der Waals surface area contributed by atoms with Gasteiger partial charge in [0.2, 0.25) is 0 Å². The first kappa shape index (κ1) is 18.2. The Morgan fingerprint density at radius 1 is 1.15 bits per heavy atom. The smallest absolute Gasteiger partial charge is 0.306 e. The Kier molecular flexibility index (Phi) is 5.75. The van der Waals surface area contributed by atoms with Crippen molar-refractivity contribution in [1.82, 2.24) is 9.97 Å². The maximum atomic E-state index is 11.7. The highest BCUT2D eigenvalue weighted by Gasteiger charge is 2.24. The Bertz CT molecular complexity index is 773. The number of benzene rings is 1. The molecule has 2 heterocycles. The summed E-state index contributed by atoms with van der Waals surface area (Å²) in [6.07, 6.45) is 3.96. The van der Waals surface area contributed by atoms with Crippen molar-refractivity contribution >= 4 is 22.7 Å². The lowest BCUT2D eigenvalue weighted by atomic mass is 9.93. The summed E-state index contributed by atoms with van der Waals surface area (Å²) in [6, 6.07) is 3.79. The molecule has 1 aromatic carbocycles. The molecular weight excluding hydrogens is 334 g/mol. The molecule has 3 rings (SSSR count). The summed E-state index contributed by atoms with van der Waals surface area (Å²) in [5.74, 6) is 2.47. The molecular formula is C19H25N3O4. The average molecular weight is 359 g/mol. The van der Waals surface area contributed by atoms with Crippen molar-refractivity contribution in [2.45, 2.75) is 26.2 Å². The molecule has 1 aliphatic heterocycles. The first-order chi connectivity index (χ1) is 12.7. The van der Waals surface area contributed by atoms with Crippen LogP contribution < -0.4 is 14.4 Å². The average Bonchev–Trinajstić information content (AvgIpc) is 2.67. The van der Waals surface area contributed by atoms with Gasteiger partial charge >= 0.3 is 5.97 Å². The quantitative estimate of drug-likeness (QED) is 0.734. The molecule has 1 fully saturated rings. The molecule has 7 nitrogen and oxygen atoms in total. The van der Waals surface area contributed by atoms with Gasteiger partial charge in [-0.25, -0.2) is 9.97 Å². The first-order valence-corrected chi connectivity index (χ1v) is 8.93. The topological polar surface area (TPSA) is 73.8 Å². The predicted molar refractivity (Wildman–Crippen MR) is 98.8 cm³/mol. The van der Waals surface area contributed by atoms with Crippen molar-refractivity contribution in [2.24, 2.45) is 5.92 Å². The van der Waals surface area contributed by atoms with Crippen molar-refractivity contribution < 1.29 is 19.0 Å². The third-order valence-corrected chi connectivity index (χ3v) is 4.79. The molecule has 0 amide bonds. The molecule has 0 aliphatic carbocycles. The molecule has 1 aromatic heterocycles. The van der Waals surface area contributed by atoms with Crippen molar-refractivity contribution in [3.63, 3.8) is 0 Å². The Labute approximate surface area is 153 Å². The van der Waals surface area contributed by atoms with E-state index in [4.69, 9.17) is 14.2 Å². The van der Waals surface area contributed by atoms with Gasteiger partial charge in [0.1, 0.15) is 12.1 Å². The minimum atomic E-state index is -0.102. The summed E-state index contributed by atoms with van der Waals surface area (Å²) in [6.45, 7) is 3.98. The van der Waals surface area contributed by atoms with E-state index < -0.39 is 0 Å². The molecule has 1 aliphatic rings. The van der Waals surface area contributed by atoms with Crippen LogP contribution in [0, 0.1) is 5.92 Å². The minimum absolute atomic E-state index is 0.102. The molecule has 0 bridgehead atoms. The number of esters is 1. The van der Waals surface area contributed by atoms with Gasteiger partial charge in [-0.2, -0.15) is 0 Å². The Morgan fingerprint density at radius 3 is 2.50 bits per heavy atom. The van der Waals surface area contributed by atoms with E-state index in [-0.39, 0.29) is 5.97 Å². The second-order valence-corrected chi connectivity index (χ2v) is 6.36. The molecule has 0 unspecified atom stereocenters. The van der Waals surface area contributed by atoms with Crippen molar-refractivity contribution in [3.8, 4) is 11.5 Å². The molecule has 0 atom stereocenters. The summed E-state index contributed by atoms with van der Waals surface area (Å²) in [5, 5.41) is 0.939. The zero-order valence-corrected chi connectivity index (χ0v) is 15.5. The van der Waals surface area contributed by atoms with Crippen LogP contribution >= 0.6 is 0 Å². The third-order valence-electron chi connectivity index (χ3n) is 4.79. The number of carbonyl (C=O) groups excluding carboxylic acids is 1. The number of carbonyl (C=O) groups is 1. The van der Waals surface area contributed by atoms with E-state index in [9.17, 15) is 4.79 Å². The monoisotopic (exact) mass is 359 g/mol. The van der Waals surface area contributed by atoms with Crippen LogP contribution in [0.25, 0.3) is 10.9 Å². The van der Waals surface area contributed by atoms with E-state index in [0.717, 1.165) is 42.7 Å². The van der Waals surface area contributed by atoms with Crippen molar-refractivity contribution in [3.05, 3.63) is 18.5 Å². The number of nitrogens with zero attached hydrogens (tertiary/aromatic N) is 3. The van der Waals surface area contributed by atoms with Crippen molar-refractivity contribution in [2.75, 3.05) is 38.8 Å². The van der Waals surface area contributed by atoms with E-state index in [2.05, 4.69) is 14.9 Å². The minimum Gasteiger partial charge on any atom is -0.493 e. The SMILES string of the molecule is CCOC(=O)CC1CCN(c2ncnc3cc(OC)c(OC)cc23)CC1. The Hall–Kier alpha value is -2.57. The molecule has 0 saturated carbocycles. The van der Waals surface area contributed by atoms with Gasteiger partial charge in [0.15, 0.2) is 11.5 Å². The largest absolute Gasteiger partial charge is 0.493 e. The number of anilines is 1. The van der Waals surface area contributed by atoms with E-state index in [1.165, 1.54) is 0 Å². The van der Waals surface area contributed by atoms with Crippen LogP contribution in [-0.2, 0) is 9.53 Å². The molecule has 0 N–H and O–H groups in total.